The lowest BCUT2D eigenvalue weighted by Crippen LogP contribution is -2.18. The first-order chi connectivity index (χ1) is 11.8. The van der Waals surface area contributed by atoms with Crippen LogP contribution >= 0.6 is 0 Å². The Labute approximate surface area is 145 Å². The van der Waals surface area contributed by atoms with Crippen LogP contribution in [0.5, 0.6) is 0 Å². The van der Waals surface area contributed by atoms with Crippen molar-refractivity contribution in [2.24, 2.45) is 5.92 Å². The molecule has 128 valence electrons. The van der Waals surface area contributed by atoms with Gasteiger partial charge in [0.05, 0.1) is 5.52 Å². The highest BCUT2D eigenvalue weighted by Crippen LogP contribution is 2.38. The van der Waals surface area contributed by atoms with Crippen LogP contribution in [0.15, 0.2) is 30.3 Å². The number of ether oxygens (including phenoxy) is 1. The predicted octanol–water partition coefficient (Wildman–Crippen LogP) is 4.36. The molecular formula is C21H28N2O. The summed E-state index contributed by atoms with van der Waals surface area (Å²) in [7, 11) is 1.81. The van der Waals surface area contributed by atoms with Crippen molar-refractivity contribution < 1.29 is 4.74 Å². The number of pyridine rings is 1. The summed E-state index contributed by atoms with van der Waals surface area (Å²) >= 11 is 0. The van der Waals surface area contributed by atoms with Crippen LogP contribution < -0.4 is 0 Å². The Hall–Kier alpha value is -1.45. The van der Waals surface area contributed by atoms with Gasteiger partial charge in [0.2, 0.25) is 0 Å². The largest absolute Gasteiger partial charge is 0.384 e. The van der Waals surface area contributed by atoms with Crippen molar-refractivity contribution in [1.82, 2.24) is 9.88 Å². The van der Waals surface area contributed by atoms with Gasteiger partial charge in [0.25, 0.3) is 0 Å². The summed E-state index contributed by atoms with van der Waals surface area (Å²) in [6.07, 6.45) is 6.44. The molecule has 0 amide bonds. The molecule has 2 heterocycles. The van der Waals surface area contributed by atoms with Crippen molar-refractivity contribution in [2.45, 2.75) is 44.6 Å². The van der Waals surface area contributed by atoms with E-state index in [9.17, 15) is 0 Å². The third-order valence-electron chi connectivity index (χ3n) is 5.74. The first-order valence-electron chi connectivity index (χ1n) is 9.43. The van der Waals surface area contributed by atoms with Crippen LogP contribution in [-0.4, -0.2) is 36.7 Å². The van der Waals surface area contributed by atoms with E-state index in [1.807, 2.05) is 0 Å². The number of nitrogens with zero attached hydrogens (tertiary/aromatic N) is 2. The van der Waals surface area contributed by atoms with Crippen LogP contribution in [0.1, 0.15) is 49.3 Å². The van der Waals surface area contributed by atoms with E-state index in [2.05, 4.69) is 35.2 Å². The van der Waals surface area contributed by atoms with Crippen molar-refractivity contribution in [3.63, 3.8) is 0 Å². The van der Waals surface area contributed by atoms with Crippen molar-refractivity contribution in [2.75, 3.05) is 26.8 Å². The minimum absolute atomic E-state index is 0.610. The summed E-state index contributed by atoms with van der Waals surface area (Å²) in [5, 5.41) is 1.28. The predicted molar refractivity (Wildman–Crippen MR) is 98.2 cm³/mol. The Balaban J connectivity index is 1.49. The molecule has 2 aliphatic rings. The minimum Gasteiger partial charge on any atom is -0.384 e. The molecule has 0 bridgehead atoms. The van der Waals surface area contributed by atoms with Crippen LogP contribution in [0.2, 0.25) is 0 Å². The van der Waals surface area contributed by atoms with Crippen molar-refractivity contribution in [3.8, 4) is 0 Å². The van der Waals surface area contributed by atoms with Crippen molar-refractivity contribution in [3.05, 3.63) is 41.6 Å². The Kier molecular flexibility index (Phi) is 4.81. The van der Waals surface area contributed by atoms with Gasteiger partial charge >= 0.3 is 0 Å². The zero-order valence-corrected chi connectivity index (χ0v) is 14.7. The molecule has 0 N–H and O–H groups in total. The lowest BCUT2D eigenvalue weighted by Gasteiger charge is -2.15. The van der Waals surface area contributed by atoms with Gasteiger partial charge in [-0.15, -0.1) is 0 Å². The highest BCUT2D eigenvalue weighted by molar-refractivity contribution is 5.79. The summed E-state index contributed by atoms with van der Waals surface area (Å²) in [6.45, 7) is 4.47. The quantitative estimate of drug-likeness (QED) is 0.817. The molecule has 2 aromatic rings. The van der Waals surface area contributed by atoms with Crippen LogP contribution in [0.3, 0.4) is 0 Å². The lowest BCUT2D eigenvalue weighted by atomic mass is 10.00. The van der Waals surface area contributed by atoms with Gasteiger partial charge in [-0.05, 0) is 74.9 Å². The van der Waals surface area contributed by atoms with E-state index in [0.29, 0.717) is 11.8 Å². The Morgan fingerprint density at radius 3 is 2.83 bits per heavy atom. The summed E-state index contributed by atoms with van der Waals surface area (Å²) in [6, 6.07) is 11.3. The van der Waals surface area contributed by atoms with Crippen LogP contribution in [0, 0.1) is 5.92 Å². The molecular weight excluding hydrogens is 296 g/mol. The van der Waals surface area contributed by atoms with Crippen LogP contribution in [-0.2, 0) is 11.3 Å². The number of hydrogen-bond acceptors (Lipinski definition) is 3. The lowest BCUT2D eigenvalue weighted by molar-refractivity contribution is 0.154. The summed E-state index contributed by atoms with van der Waals surface area (Å²) in [5.74, 6) is 1.32. The maximum Gasteiger partial charge on any atom is 0.0705 e. The highest BCUT2D eigenvalue weighted by atomic mass is 16.5. The van der Waals surface area contributed by atoms with Crippen LogP contribution in [0.4, 0.5) is 0 Å². The van der Waals surface area contributed by atoms with E-state index >= 15 is 0 Å². The van der Waals surface area contributed by atoms with Crippen LogP contribution in [0.25, 0.3) is 10.9 Å². The topological polar surface area (TPSA) is 25.4 Å². The molecule has 2 fully saturated rings. The second-order valence-corrected chi connectivity index (χ2v) is 7.58. The third-order valence-corrected chi connectivity index (χ3v) is 5.74. The molecule has 0 radical (unpaired) electrons. The first-order valence-corrected chi connectivity index (χ1v) is 9.43. The number of likely N-dealkylation sites (tertiary alicyclic amines) is 1. The normalized spacial score (nSPS) is 24.9. The Morgan fingerprint density at radius 1 is 1.12 bits per heavy atom. The van der Waals surface area contributed by atoms with Gasteiger partial charge in [-0.2, -0.15) is 0 Å². The molecule has 0 spiro atoms. The molecule has 1 aromatic carbocycles. The number of rotatable bonds is 5. The second kappa shape index (κ2) is 7.20. The number of fused-ring (bicyclic) bond motifs is 1. The smallest absolute Gasteiger partial charge is 0.0705 e. The monoisotopic (exact) mass is 324 g/mol. The van der Waals surface area contributed by atoms with Crippen molar-refractivity contribution >= 4 is 10.9 Å². The van der Waals surface area contributed by atoms with E-state index in [4.69, 9.17) is 9.72 Å². The van der Waals surface area contributed by atoms with Gasteiger partial charge in [-0.1, -0.05) is 12.1 Å². The van der Waals surface area contributed by atoms with Gasteiger partial charge in [0, 0.05) is 37.3 Å². The molecule has 2 atom stereocenters. The fourth-order valence-corrected chi connectivity index (χ4v) is 4.45. The molecule has 1 saturated carbocycles. The number of benzene rings is 1. The van der Waals surface area contributed by atoms with E-state index in [-0.39, 0.29) is 0 Å². The number of methoxy groups -OCH3 is 1. The minimum atomic E-state index is 0.610. The zero-order chi connectivity index (χ0) is 16.4. The molecule has 1 aliphatic carbocycles. The number of hydrogen-bond donors (Lipinski definition) is 0. The first kappa shape index (κ1) is 16.0. The molecule has 3 nitrogen and oxygen atoms in total. The van der Waals surface area contributed by atoms with Gasteiger partial charge in [0.15, 0.2) is 0 Å². The molecule has 4 rings (SSSR count). The Bertz CT molecular complexity index is 693. The van der Waals surface area contributed by atoms with Gasteiger partial charge in [-0.3, -0.25) is 9.88 Å². The van der Waals surface area contributed by atoms with Gasteiger partial charge in [0.1, 0.15) is 0 Å². The molecule has 2 unspecified atom stereocenters. The molecule has 1 saturated heterocycles. The van der Waals surface area contributed by atoms with Crippen molar-refractivity contribution in [1.29, 1.82) is 0 Å². The van der Waals surface area contributed by atoms with Gasteiger partial charge < -0.3 is 4.74 Å². The SMILES string of the molecule is COCC1CCC(c2ccc3cc(CN4CCCC4)ccc3n2)C1. The molecule has 1 aromatic heterocycles. The molecule has 1 aliphatic heterocycles. The summed E-state index contributed by atoms with van der Waals surface area (Å²) in [5.41, 5.74) is 3.83. The van der Waals surface area contributed by atoms with Gasteiger partial charge in [-0.25, -0.2) is 0 Å². The van der Waals surface area contributed by atoms with E-state index in [1.54, 1.807) is 7.11 Å². The number of aromatic nitrogens is 1. The average molecular weight is 324 g/mol. The maximum absolute atomic E-state index is 5.32. The second-order valence-electron chi connectivity index (χ2n) is 7.58. The van der Waals surface area contributed by atoms with E-state index < -0.39 is 0 Å². The third kappa shape index (κ3) is 3.47. The van der Waals surface area contributed by atoms with E-state index in [1.165, 1.54) is 61.8 Å². The Morgan fingerprint density at radius 2 is 2.00 bits per heavy atom. The highest BCUT2D eigenvalue weighted by Gasteiger charge is 2.26. The van der Waals surface area contributed by atoms with E-state index in [0.717, 1.165) is 18.7 Å². The fourth-order valence-electron chi connectivity index (χ4n) is 4.45. The fraction of sp³-hybridized carbons (Fsp3) is 0.571. The summed E-state index contributed by atoms with van der Waals surface area (Å²) in [4.78, 5) is 7.52. The summed E-state index contributed by atoms with van der Waals surface area (Å²) < 4.78 is 5.32. The zero-order valence-electron chi connectivity index (χ0n) is 14.7. The molecule has 3 heteroatoms. The maximum atomic E-state index is 5.32. The average Bonchev–Trinajstić information content (AvgIpc) is 3.27. The molecule has 24 heavy (non-hydrogen) atoms. The standard InChI is InChI=1S/C21H28N2O/c1-24-15-17-4-6-18(13-17)21-9-7-19-12-16(5-8-20(19)22-21)14-23-10-2-3-11-23/h5,7-9,12,17-18H,2-4,6,10-11,13-15H2,1H3.